The van der Waals surface area contributed by atoms with Crippen molar-refractivity contribution in [3.8, 4) is 0 Å². The molecule has 0 saturated heterocycles. The van der Waals surface area contributed by atoms with Crippen LogP contribution in [-0.2, 0) is 10.7 Å². The number of fused-ring (bicyclic) bond motifs is 1. The van der Waals surface area contributed by atoms with Gasteiger partial charge in [-0.1, -0.05) is 12.1 Å². The van der Waals surface area contributed by atoms with Crippen molar-refractivity contribution in [3.05, 3.63) is 41.6 Å². The van der Waals surface area contributed by atoms with E-state index in [9.17, 15) is 13.6 Å². The van der Waals surface area contributed by atoms with E-state index < -0.39 is 18.3 Å². The Balaban J connectivity index is 2.47. The second-order valence-electron chi connectivity index (χ2n) is 4.14. The normalized spacial score (nSPS) is 11.7. The molecule has 1 N–H and O–H groups in total. The number of hydrogen-bond acceptors (Lipinski definition) is 2. The number of hydrogen-bond donors (Lipinski definition) is 1. The summed E-state index contributed by atoms with van der Waals surface area (Å²) in [6.45, 7) is 1.81. The number of aliphatic carboxylic acids is 1. The predicted molar refractivity (Wildman–Crippen MR) is 62.6 cm³/mol. The van der Waals surface area contributed by atoms with Gasteiger partial charge in [-0.2, -0.15) is 0 Å². The van der Waals surface area contributed by atoms with Crippen molar-refractivity contribution < 1.29 is 18.7 Å². The van der Waals surface area contributed by atoms with Crippen LogP contribution >= 0.6 is 0 Å². The maximum absolute atomic E-state index is 13.6. The summed E-state index contributed by atoms with van der Waals surface area (Å²) in [5.74, 6) is -4.90. The lowest BCUT2D eigenvalue weighted by atomic mass is 10.0. The van der Waals surface area contributed by atoms with E-state index in [1.54, 1.807) is 12.1 Å². The van der Waals surface area contributed by atoms with Crippen molar-refractivity contribution in [2.75, 3.05) is 0 Å². The minimum atomic E-state index is -3.37. The molecule has 3 nitrogen and oxygen atoms in total. The lowest BCUT2D eigenvalue weighted by Gasteiger charge is -2.14. The molecule has 0 radical (unpaired) electrons. The van der Waals surface area contributed by atoms with Crippen molar-refractivity contribution >= 4 is 16.9 Å². The second kappa shape index (κ2) is 4.33. The first kappa shape index (κ1) is 12.4. The van der Waals surface area contributed by atoms with Crippen molar-refractivity contribution in [3.63, 3.8) is 0 Å². The molecule has 94 valence electrons. The summed E-state index contributed by atoms with van der Waals surface area (Å²) in [4.78, 5) is 14.6. The summed E-state index contributed by atoms with van der Waals surface area (Å²) in [6.07, 6.45) is -1.21. The lowest BCUT2D eigenvalue weighted by molar-refractivity contribution is -0.145. The summed E-state index contributed by atoms with van der Waals surface area (Å²) in [7, 11) is 0. The number of halogens is 2. The fraction of sp³-hybridized carbons (Fsp3) is 0.231. The van der Waals surface area contributed by atoms with Crippen LogP contribution in [0.1, 0.15) is 17.7 Å². The van der Waals surface area contributed by atoms with Crippen molar-refractivity contribution in [1.29, 1.82) is 0 Å². The fourth-order valence-electron chi connectivity index (χ4n) is 1.75. The minimum absolute atomic E-state index is 0.303. The van der Waals surface area contributed by atoms with Crippen molar-refractivity contribution in [2.45, 2.75) is 19.3 Å². The van der Waals surface area contributed by atoms with Crippen LogP contribution < -0.4 is 0 Å². The number of aryl methyl sites for hydroxylation is 1. The molecule has 18 heavy (non-hydrogen) atoms. The molecule has 0 aliphatic carbocycles. The van der Waals surface area contributed by atoms with Gasteiger partial charge in [0.1, 0.15) is 6.42 Å². The Morgan fingerprint density at radius 3 is 2.72 bits per heavy atom. The summed E-state index contributed by atoms with van der Waals surface area (Å²) in [5, 5.41) is 9.04. The zero-order valence-electron chi connectivity index (χ0n) is 9.65. The Bertz CT molecular complexity index is 611. The highest BCUT2D eigenvalue weighted by Gasteiger charge is 2.34. The summed E-state index contributed by atoms with van der Waals surface area (Å²) >= 11 is 0. The highest BCUT2D eigenvalue weighted by molar-refractivity contribution is 5.80. The van der Waals surface area contributed by atoms with Gasteiger partial charge in [-0.3, -0.25) is 9.78 Å². The average molecular weight is 251 g/mol. The quantitative estimate of drug-likeness (QED) is 0.911. The zero-order valence-corrected chi connectivity index (χ0v) is 9.65. The van der Waals surface area contributed by atoms with Gasteiger partial charge in [-0.15, -0.1) is 0 Å². The number of pyridine rings is 1. The van der Waals surface area contributed by atoms with Gasteiger partial charge in [-0.25, -0.2) is 8.78 Å². The number of rotatable bonds is 3. The summed E-state index contributed by atoms with van der Waals surface area (Å²) in [5.41, 5.74) is 1.11. The van der Waals surface area contributed by atoms with E-state index >= 15 is 0 Å². The number of nitrogens with zero attached hydrogens (tertiary/aromatic N) is 1. The van der Waals surface area contributed by atoms with Gasteiger partial charge in [0.2, 0.25) is 0 Å². The lowest BCUT2D eigenvalue weighted by Crippen LogP contribution is -2.18. The van der Waals surface area contributed by atoms with Gasteiger partial charge in [0.15, 0.2) is 0 Å². The topological polar surface area (TPSA) is 50.2 Å². The largest absolute Gasteiger partial charge is 0.481 e. The Morgan fingerprint density at radius 2 is 2.06 bits per heavy atom. The van der Waals surface area contributed by atoms with Gasteiger partial charge in [0.25, 0.3) is 5.92 Å². The molecule has 1 aromatic heterocycles. The second-order valence-corrected chi connectivity index (χ2v) is 4.14. The molecule has 0 fully saturated rings. The van der Waals surface area contributed by atoms with Crippen LogP contribution in [0.5, 0.6) is 0 Å². The van der Waals surface area contributed by atoms with Crippen LogP contribution in [-0.4, -0.2) is 16.1 Å². The van der Waals surface area contributed by atoms with E-state index in [4.69, 9.17) is 5.11 Å². The van der Waals surface area contributed by atoms with Crippen LogP contribution in [0.4, 0.5) is 8.78 Å². The molecule has 0 aliphatic rings. The molecule has 1 heterocycles. The monoisotopic (exact) mass is 251 g/mol. The molecular formula is C13H11F2NO2. The molecular weight excluding hydrogens is 240 g/mol. The van der Waals surface area contributed by atoms with Gasteiger partial charge in [0, 0.05) is 16.6 Å². The third-order valence-corrected chi connectivity index (χ3v) is 2.62. The molecule has 0 unspecified atom stereocenters. The first-order chi connectivity index (χ1) is 8.38. The van der Waals surface area contributed by atoms with Crippen LogP contribution in [0.3, 0.4) is 0 Å². The molecule has 0 saturated carbocycles. The predicted octanol–water partition coefficient (Wildman–Crippen LogP) is 3.11. The molecule has 0 amide bonds. The Kier molecular flexibility index (Phi) is 2.98. The maximum atomic E-state index is 13.6. The molecule has 2 aromatic rings. The maximum Gasteiger partial charge on any atom is 0.309 e. The third kappa shape index (κ3) is 2.45. The fourth-order valence-corrected chi connectivity index (χ4v) is 1.75. The number of carboxylic acids is 1. The van der Waals surface area contributed by atoms with Gasteiger partial charge in [0.05, 0.1) is 5.52 Å². The number of carbonyl (C=O) groups is 1. The molecule has 0 bridgehead atoms. The van der Waals surface area contributed by atoms with Crippen LogP contribution in [0.15, 0.2) is 30.3 Å². The first-order valence-corrected chi connectivity index (χ1v) is 5.36. The van der Waals surface area contributed by atoms with E-state index in [1.165, 1.54) is 18.2 Å². The SMILES string of the molecule is Cc1ccc2cc(C(F)(F)CC(=O)O)ccc2n1. The highest BCUT2D eigenvalue weighted by atomic mass is 19.3. The van der Waals surface area contributed by atoms with E-state index in [1.807, 2.05) is 6.92 Å². The summed E-state index contributed by atoms with van der Waals surface area (Å²) < 4.78 is 27.2. The molecule has 0 atom stereocenters. The van der Waals surface area contributed by atoms with E-state index in [0.29, 0.717) is 10.9 Å². The molecule has 5 heteroatoms. The Morgan fingerprint density at radius 1 is 1.33 bits per heavy atom. The molecule has 1 aromatic carbocycles. The number of aromatic nitrogens is 1. The average Bonchev–Trinajstić information content (AvgIpc) is 2.26. The smallest absolute Gasteiger partial charge is 0.309 e. The number of carboxylic acid groups (broad SMARTS) is 1. The van der Waals surface area contributed by atoms with E-state index in [2.05, 4.69) is 4.98 Å². The number of benzene rings is 1. The van der Waals surface area contributed by atoms with Crippen LogP contribution in [0.25, 0.3) is 10.9 Å². The van der Waals surface area contributed by atoms with Crippen molar-refractivity contribution in [1.82, 2.24) is 4.98 Å². The van der Waals surface area contributed by atoms with E-state index in [-0.39, 0.29) is 5.56 Å². The Labute approximate surface area is 102 Å². The first-order valence-electron chi connectivity index (χ1n) is 5.36. The molecule has 2 rings (SSSR count). The highest BCUT2D eigenvalue weighted by Crippen LogP contribution is 2.33. The van der Waals surface area contributed by atoms with Gasteiger partial charge >= 0.3 is 5.97 Å². The third-order valence-electron chi connectivity index (χ3n) is 2.62. The summed E-state index contributed by atoms with van der Waals surface area (Å²) in [6, 6.07) is 7.40. The van der Waals surface area contributed by atoms with Gasteiger partial charge in [-0.05, 0) is 25.1 Å². The van der Waals surface area contributed by atoms with Crippen molar-refractivity contribution in [2.24, 2.45) is 0 Å². The standard InChI is InChI=1S/C13H11F2NO2/c1-8-2-3-9-6-10(4-5-11(9)16-8)13(14,15)7-12(17)18/h2-6H,7H2,1H3,(H,17,18). The number of alkyl halides is 2. The van der Waals surface area contributed by atoms with Gasteiger partial charge < -0.3 is 5.11 Å². The zero-order chi connectivity index (χ0) is 13.3. The Hall–Kier alpha value is -2.04. The molecule has 0 spiro atoms. The minimum Gasteiger partial charge on any atom is -0.481 e. The van der Waals surface area contributed by atoms with E-state index in [0.717, 1.165) is 5.69 Å². The van der Waals surface area contributed by atoms with Crippen LogP contribution in [0.2, 0.25) is 0 Å². The van der Waals surface area contributed by atoms with Crippen LogP contribution in [0, 0.1) is 6.92 Å². The molecule has 0 aliphatic heterocycles.